The van der Waals surface area contributed by atoms with Gasteiger partial charge in [0.05, 0.1) is 0 Å². The summed E-state index contributed by atoms with van der Waals surface area (Å²) in [5.41, 5.74) is -0.505. The molecule has 0 saturated carbocycles. The van der Waals surface area contributed by atoms with Crippen molar-refractivity contribution in [2.24, 2.45) is 0 Å². The van der Waals surface area contributed by atoms with Gasteiger partial charge in [-0.3, -0.25) is 5.10 Å². The van der Waals surface area contributed by atoms with Gasteiger partial charge in [0, 0.05) is 6.42 Å². The number of nitrogens with one attached hydrogen (secondary N) is 1. The van der Waals surface area contributed by atoms with Crippen LogP contribution in [0.4, 0.5) is 8.78 Å². The van der Waals surface area contributed by atoms with E-state index in [1.165, 1.54) is 54.9 Å². The van der Waals surface area contributed by atoms with Crippen LogP contribution in [0.25, 0.3) is 0 Å². The molecule has 2 aromatic carbocycles. The smallest absolute Gasteiger partial charge is 0.137 e. The highest BCUT2D eigenvalue weighted by Gasteiger charge is 2.33. The maximum Gasteiger partial charge on any atom is 0.137 e. The highest BCUT2D eigenvalue weighted by molar-refractivity contribution is 5.37. The van der Waals surface area contributed by atoms with Gasteiger partial charge >= 0.3 is 0 Å². The Morgan fingerprint density at radius 2 is 1.41 bits per heavy atom. The van der Waals surface area contributed by atoms with Crippen LogP contribution in [0.1, 0.15) is 17.0 Å². The lowest BCUT2D eigenvalue weighted by molar-refractivity contribution is 0.0788. The molecule has 0 bridgehead atoms. The molecule has 0 aliphatic heterocycles. The average molecular weight is 301 g/mol. The fraction of sp³-hybridized carbons (Fsp3) is 0.125. The SMILES string of the molecule is OC(Cc1ncn[nH]1)(c1ccc(F)cc1)c1ccc(F)cc1. The van der Waals surface area contributed by atoms with E-state index < -0.39 is 17.2 Å². The molecule has 3 rings (SSSR count). The fourth-order valence-corrected chi connectivity index (χ4v) is 2.38. The highest BCUT2D eigenvalue weighted by atomic mass is 19.1. The lowest BCUT2D eigenvalue weighted by Crippen LogP contribution is -2.30. The van der Waals surface area contributed by atoms with E-state index >= 15 is 0 Å². The molecule has 1 heterocycles. The first-order valence-corrected chi connectivity index (χ1v) is 6.67. The summed E-state index contributed by atoms with van der Waals surface area (Å²) in [5, 5.41) is 17.6. The number of hydrogen-bond acceptors (Lipinski definition) is 3. The molecular weight excluding hydrogens is 288 g/mol. The second-order valence-corrected chi connectivity index (χ2v) is 4.98. The van der Waals surface area contributed by atoms with Crippen LogP contribution >= 0.6 is 0 Å². The van der Waals surface area contributed by atoms with Gasteiger partial charge in [0.2, 0.25) is 0 Å². The molecule has 0 spiro atoms. The quantitative estimate of drug-likeness (QED) is 0.778. The van der Waals surface area contributed by atoms with Crippen molar-refractivity contribution in [1.82, 2.24) is 15.2 Å². The number of aromatic nitrogens is 3. The fourth-order valence-electron chi connectivity index (χ4n) is 2.38. The molecule has 4 nitrogen and oxygen atoms in total. The van der Waals surface area contributed by atoms with Gasteiger partial charge in [-0.05, 0) is 35.4 Å². The van der Waals surface area contributed by atoms with E-state index in [0.717, 1.165) is 0 Å². The summed E-state index contributed by atoms with van der Waals surface area (Å²) in [6.07, 6.45) is 1.44. The third kappa shape index (κ3) is 2.73. The monoisotopic (exact) mass is 301 g/mol. The van der Waals surface area contributed by atoms with Crippen LogP contribution in [0, 0.1) is 11.6 Å². The van der Waals surface area contributed by atoms with Gasteiger partial charge in [-0.25, -0.2) is 13.8 Å². The molecule has 1 aromatic heterocycles. The number of nitrogens with zero attached hydrogens (tertiary/aromatic N) is 2. The number of benzene rings is 2. The third-order valence-electron chi connectivity index (χ3n) is 3.53. The van der Waals surface area contributed by atoms with E-state index in [2.05, 4.69) is 15.2 Å². The van der Waals surface area contributed by atoms with Gasteiger partial charge < -0.3 is 5.11 Å². The molecule has 2 N–H and O–H groups in total. The lowest BCUT2D eigenvalue weighted by atomic mass is 9.83. The van der Waals surface area contributed by atoms with Crippen molar-refractivity contribution in [3.05, 3.63) is 83.4 Å². The first kappa shape index (κ1) is 14.3. The van der Waals surface area contributed by atoms with E-state index in [4.69, 9.17) is 0 Å². The molecule has 0 atom stereocenters. The van der Waals surface area contributed by atoms with E-state index in [0.29, 0.717) is 17.0 Å². The Balaban J connectivity index is 2.08. The number of aliphatic hydroxyl groups is 1. The Labute approximate surface area is 125 Å². The second-order valence-electron chi connectivity index (χ2n) is 4.98. The Bertz CT molecular complexity index is 695. The van der Waals surface area contributed by atoms with Crippen molar-refractivity contribution in [3.63, 3.8) is 0 Å². The third-order valence-corrected chi connectivity index (χ3v) is 3.53. The Hall–Kier alpha value is -2.60. The molecule has 0 unspecified atom stereocenters. The minimum Gasteiger partial charge on any atom is -0.380 e. The number of aromatic amines is 1. The molecule has 0 aliphatic carbocycles. The largest absolute Gasteiger partial charge is 0.380 e. The predicted molar refractivity (Wildman–Crippen MR) is 75.9 cm³/mol. The maximum absolute atomic E-state index is 13.1. The Morgan fingerprint density at radius 3 is 1.82 bits per heavy atom. The van der Waals surface area contributed by atoms with Gasteiger partial charge in [-0.2, -0.15) is 5.10 Å². The minimum atomic E-state index is -1.47. The maximum atomic E-state index is 13.1. The zero-order valence-corrected chi connectivity index (χ0v) is 11.5. The van der Waals surface area contributed by atoms with Crippen molar-refractivity contribution < 1.29 is 13.9 Å². The number of halogens is 2. The van der Waals surface area contributed by atoms with Crippen molar-refractivity contribution >= 4 is 0 Å². The average Bonchev–Trinajstić information content (AvgIpc) is 3.01. The summed E-state index contributed by atoms with van der Waals surface area (Å²) >= 11 is 0. The van der Waals surface area contributed by atoms with Crippen LogP contribution in [-0.2, 0) is 12.0 Å². The van der Waals surface area contributed by atoms with Crippen LogP contribution < -0.4 is 0 Å². The molecule has 0 radical (unpaired) electrons. The first-order chi connectivity index (χ1) is 10.6. The molecule has 3 aromatic rings. The van der Waals surface area contributed by atoms with Crippen LogP contribution in [0.15, 0.2) is 54.9 Å². The summed E-state index contributed by atoms with van der Waals surface area (Å²) in [7, 11) is 0. The second kappa shape index (κ2) is 5.65. The molecular formula is C16H13F2N3O. The van der Waals surface area contributed by atoms with Gasteiger partial charge in [0.15, 0.2) is 0 Å². The summed E-state index contributed by atoms with van der Waals surface area (Å²) in [4.78, 5) is 4.01. The van der Waals surface area contributed by atoms with Crippen molar-refractivity contribution in [3.8, 4) is 0 Å². The lowest BCUT2D eigenvalue weighted by Gasteiger charge is -2.28. The standard InChI is InChI=1S/C16H13F2N3O/c17-13-5-1-11(2-6-13)16(22,9-15-19-10-20-21-15)12-3-7-14(18)8-4-12/h1-8,10,22H,9H2,(H,19,20,21). The highest BCUT2D eigenvalue weighted by Crippen LogP contribution is 2.32. The zero-order chi connectivity index (χ0) is 15.6. The first-order valence-electron chi connectivity index (χ1n) is 6.67. The number of H-pyrrole nitrogens is 1. The normalized spacial score (nSPS) is 11.6. The van der Waals surface area contributed by atoms with E-state index in [-0.39, 0.29) is 6.42 Å². The summed E-state index contributed by atoms with van der Waals surface area (Å²) < 4.78 is 26.3. The van der Waals surface area contributed by atoms with Gasteiger partial charge in [0.1, 0.15) is 29.4 Å². The van der Waals surface area contributed by atoms with Gasteiger partial charge in [-0.1, -0.05) is 24.3 Å². The van der Waals surface area contributed by atoms with E-state index in [1.807, 2.05) is 0 Å². The van der Waals surface area contributed by atoms with Crippen LogP contribution in [-0.4, -0.2) is 20.3 Å². The Kier molecular flexibility index (Phi) is 3.68. The van der Waals surface area contributed by atoms with Crippen LogP contribution in [0.5, 0.6) is 0 Å². The number of rotatable bonds is 4. The molecule has 6 heteroatoms. The molecule has 0 saturated heterocycles. The zero-order valence-electron chi connectivity index (χ0n) is 11.5. The van der Waals surface area contributed by atoms with Crippen molar-refractivity contribution in [2.45, 2.75) is 12.0 Å². The predicted octanol–water partition coefficient (Wildman–Crippen LogP) is 2.56. The molecule has 112 valence electrons. The summed E-state index contributed by atoms with van der Waals surface area (Å²) in [6, 6.07) is 11.1. The van der Waals surface area contributed by atoms with Gasteiger partial charge in [-0.15, -0.1) is 0 Å². The summed E-state index contributed by atoms with van der Waals surface area (Å²) in [5.74, 6) is -0.328. The van der Waals surface area contributed by atoms with E-state index in [1.54, 1.807) is 0 Å². The number of hydrogen-bond donors (Lipinski definition) is 2. The topological polar surface area (TPSA) is 61.8 Å². The molecule has 22 heavy (non-hydrogen) atoms. The van der Waals surface area contributed by atoms with Crippen LogP contribution in [0.3, 0.4) is 0 Å². The summed E-state index contributed by atoms with van der Waals surface area (Å²) in [6.45, 7) is 0. The molecule has 0 aliphatic rings. The molecule has 0 amide bonds. The minimum absolute atomic E-state index is 0.101. The van der Waals surface area contributed by atoms with Gasteiger partial charge in [0.25, 0.3) is 0 Å². The van der Waals surface area contributed by atoms with E-state index in [9.17, 15) is 13.9 Å². The Morgan fingerprint density at radius 1 is 0.909 bits per heavy atom. The van der Waals surface area contributed by atoms with Crippen molar-refractivity contribution in [2.75, 3.05) is 0 Å². The van der Waals surface area contributed by atoms with Crippen molar-refractivity contribution in [1.29, 1.82) is 0 Å². The molecule has 0 fully saturated rings. The van der Waals surface area contributed by atoms with Crippen LogP contribution in [0.2, 0.25) is 0 Å².